The summed E-state index contributed by atoms with van der Waals surface area (Å²) in [7, 11) is -1.93. The van der Waals surface area contributed by atoms with E-state index in [1.54, 1.807) is 0 Å². The van der Waals surface area contributed by atoms with Crippen LogP contribution in [0.15, 0.2) is 0 Å². The van der Waals surface area contributed by atoms with Gasteiger partial charge >= 0.3 is 5.97 Å². The van der Waals surface area contributed by atoms with Crippen LogP contribution in [0, 0.1) is 5.92 Å². The Morgan fingerprint density at radius 3 is 2.26 bits per heavy atom. The summed E-state index contributed by atoms with van der Waals surface area (Å²) in [6.45, 7) is 13.9. The summed E-state index contributed by atoms with van der Waals surface area (Å²) in [6.07, 6.45) is -0.802. The number of ether oxygens (including phenoxy) is 1. The third-order valence-corrected chi connectivity index (χ3v) is 8.57. The molecule has 0 bridgehead atoms. The van der Waals surface area contributed by atoms with Gasteiger partial charge < -0.3 is 14.5 Å². The standard InChI is InChI=1S/C13H25NO4Si/c1-8(18-19(6,7)13(3,4)5)10-11(16)14-12(10)17-9(2)15/h8,10,12H,1-7H3,(H,14,16)/t8-,10?,12+/m0/s1. The Morgan fingerprint density at radius 2 is 1.89 bits per heavy atom. The molecule has 0 aromatic carbocycles. The molecule has 0 radical (unpaired) electrons. The van der Waals surface area contributed by atoms with E-state index < -0.39 is 26.4 Å². The number of carbonyl (C=O) groups excluding carboxylic acids is 2. The molecule has 0 aromatic heterocycles. The van der Waals surface area contributed by atoms with E-state index in [1.165, 1.54) is 6.92 Å². The van der Waals surface area contributed by atoms with Gasteiger partial charge in [-0.25, -0.2) is 0 Å². The zero-order chi connectivity index (χ0) is 15.0. The van der Waals surface area contributed by atoms with Gasteiger partial charge in [-0.15, -0.1) is 0 Å². The van der Waals surface area contributed by atoms with E-state index in [4.69, 9.17) is 9.16 Å². The average Bonchev–Trinajstić information content (AvgIpc) is 2.12. The molecule has 6 heteroatoms. The maximum atomic E-state index is 11.6. The highest BCUT2D eigenvalue weighted by atomic mass is 28.4. The van der Waals surface area contributed by atoms with Crippen molar-refractivity contribution in [3.8, 4) is 0 Å². The number of amides is 1. The molecule has 0 saturated carbocycles. The first-order chi connectivity index (χ1) is 8.45. The summed E-state index contributed by atoms with van der Waals surface area (Å²) in [6, 6.07) is 0. The lowest BCUT2D eigenvalue weighted by atomic mass is 9.93. The second-order valence-corrected chi connectivity index (χ2v) is 11.4. The highest BCUT2D eigenvalue weighted by Gasteiger charge is 2.49. The molecular formula is C13H25NO4Si. The minimum absolute atomic E-state index is 0.0818. The minimum Gasteiger partial charge on any atom is -0.441 e. The van der Waals surface area contributed by atoms with Gasteiger partial charge in [0.15, 0.2) is 14.5 Å². The second-order valence-electron chi connectivity index (χ2n) is 6.65. The van der Waals surface area contributed by atoms with Gasteiger partial charge in [-0.3, -0.25) is 9.59 Å². The summed E-state index contributed by atoms with van der Waals surface area (Å²) in [5.41, 5.74) is 0. The van der Waals surface area contributed by atoms with E-state index in [2.05, 4.69) is 39.2 Å². The van der Waals surface area contributed by atoms with Gasteiger partial charge in [-0.1, -0.05) is 20.8 Å². The van der Waals surface area contributed by atoms with Crippen LogP contribution < -0.4 is 5.32 Å². The summed E-state index contributed by atoms with van der Waals surface area (Å²) in [5, 5.41) is 2.66. The number of carbonyl (C=O) groups is 2. The number of hydrogen-bond donors (Lipinski definition) is 1. The van der Waals surface area contributed by atoms with Gasteiger partial charge in [0.1, 0.15) is 5.92 Å². The van der Waals surface area contributed by atoms with E-state index >= 15 is 0 Å². The van der Waals surface area contributed by atoms with Crippen molar-refractivity contribution in [1.29, 1.82) is 0 Å². The lowest BCUT2D eigenvalue weighted by molar-refractivity contribution is -0.173. The molecule has 5 nitrogen and oxygen atoms in total. The van der Waals surface area contributed by atoms with E-state index in [0.29, 0.717) is 0 Å². The van der Waals surface area contributed by atoms with Crippen LogP contribution in [0.25, 0.3) is 0 Å². The lowest BCUT2D eigenvalue weighted by Crippen LogP contribution is -2.65. The highest BCUT2D eigenvalue weighted by molar-refractivity contribution is 6.74. The van der Waals surface area contributed by atoms with Crippen LogP contribution in [-0.2, 0) is 18.8 Å². The smallest absolute Gasteiger partial charge is 0.304 e. The molecule has 110 valence electrons. The van der Waals surface area contributed by atoms with Crippen LogP contribution in [0.3, 0.4) is 0 Å². The third-order valence-electron chi connectivity index (χ3n) is 4.00. The van der Waals surface area contributed by atoms with Gasteiger partial charge in [0.2, 0.25) is 5.91 Å². The summed E-state index contributed by atoms with van der Waals surface area (Å²) in [5.74, 6) is -0.912. The maximum absolute atomic E-state index is 11.6. The van der Waals surface area contributed by atoms with Crippen molar-refractivity contribution in [3.63, 3.8) is 0 Å². The molecule has 1 aliphatic rings. The van der Waals surface area contributed by atoms with Crippen LogP contribution >= 0.6 is 0 Å². The first-order valence-electron chi connectivity index (χ1n) is 6.61. The molecule has 1 N–H and O–H groups in total. The predicted molar refractivity (Wildman–Crippen MR) is 74.9 cm³/mol. The van der Waals surface area contributed by atoms with Gasteiger partial charge in [-0.2, -0.15) is 0 Å². The van der Waals surface area contributed by atoms with Gasteiger partial charge in [0, 0.05) is 6.92 Å². The van der Waals surface area contributed by atoms with E-state index in [9.17, 15) is 9.59 Å². The molecule has 1 aliphatic heterocycles. The van der Waals surface area contributed by atoms with Crippen LogP contribution in [0.1, 0.15) is 34.6 Å². The Kier molecular flexibility index (Phi) is 4.46. The Labute approximate surface area is 116 Å². The Hall–Kier alpha value is -0.883. The molecule has 0 aliphatic carbocycles. The van der Waals surface area contributed by atoms with Crippen molar-refractivity contribution in [3.05, 3.63) is 0 Å². The van der Waals surface area contributed by atoms with E-state index in [-0.39, 0.29) is 17.0 Å². The molecule has 1 amide bonds. The van der Waals surface area contributed by atoms with Crippen molar-refractivity contribution >= 4 is 20.2 Å². The van der Waals surface area contributed by atoms with Gasteiger partial charge in [-0.05, 0) is 25.1 Å². The average molecular weight is 287 g/mol. The molecule has 0 spiro atoms. The molecule has 1 saturated heterocycles. The van der Waals surface area contributed by atoms with Gasteiger partial charge in [0.25, 0.3) is 0 Å². The number of rotatable bonds is 4. The molecule has 19 heavy (non-hydrogen) atoms. The monoisotopic (exact) mass is 287 g/mol. The Balaban J connectivity index is 2.69. The number of hydrogen-bond acceptors (Lipinski definition) is 4. The first kappa shape index (κ1) is 16.2. The van der Waals surface area contributed by atoms with Crippen molar-refractivity contribution in [2.75, 3.05) is 0 Å². The number of esters is 1. The normalized spacial score (nSPS) is 25.3. The highest BCUT2D eigenvalue weighted by Crippen LogP contribution is 2.39. The lowest BCUT2D eigenvalue weighted by Gasteiger charge is -2.44. The van der Waals surface area contributed by atoms with Crippen LogP contribution in [0.4, 0.5) is 0 Å². The van der Waals surface area contributed by atoms with E-state index in [0.717, 1.165) is 0 Å². The predicted octanol–water partition coefficient (Wildman–Crippen LogP) is 2.03. The van der Waals surface area contributed by atoms with Crippen LogP contribution in [0.2, 0.25) is 18.1 Å². The summed E-state index contributed by atoms with van der Waals surface area (Å²) < 4.78 is 11.2. The summed E-state index contributed by atoms with van der Waals surface area (Å²) in [4.78, 5) is 22.6. The zero-order valence-electron chi connectivity index (χ0n) is 12.9. The zero-order valence-corrected chi connectivity index (χ0v) is 13.9. The molecule has 1 rings (SSSR count). The molecule has 1 unspecified atom stereocenters. The fourth-order valence-corrected chi connectivity index (χ4v) is 3.25. The van der Waals surface area contributed by atoms with Crippen molar-refractivity contribution in [1.82, 2.24) is 5.32 Å². The second kappa shape index (κ2) is 5.24. The van der Waals surface area contributed by atoms with Crippen molar-refractivity contribution in [2.45, 2.75) is 65.1 Å². The molecule has 1 fully saturated rings. The topological polar surface area (TPSA) is 64.6 Å². The molecule has 1 heterocycles. The SMILES string of the molecule is CC(=O)O[C@H]1NC(=O)C1[C@H](C)O[Si](C)(C)C(C)(C)C. The number of β-lactam (4-membered cyclic amide) rings is 1. The molecular weight excluding hydrogens is 262 g/mol. The largest absolute Gasteiger partial charge is 0.441 e. The maximum Gasteiger partial charge on any atom is 0.304 e. The quantitative estimate of drug-likeness (QED) is 0.488. The molecule has 0 aromatic rings. The minimum atomic E-state index is -1.93. The third kappa shape index (κ3) is 3.57. The van der Waals surface area contributed by atoms with Crippen LogP contribution in [-0.4, -0.2) is 32.5 Å². The summed E-state index contributed by atoms with van der Waals surface area (Å²) >= 11 is 0. The van der Waals surface area contributed by atoms with Gasteiger partial charge in [0.05, 0.1) is 6.10 Å². The van der Waals surface area contributed by atoms with Crippen molar-refractivity contribution < 1.29 is 18.8 Å². The van der Waals surface area contributed by atoms with E-state index in [1.807, 2.05) is 6.92 Å². The fourth-order valence-electron chi connectivity index (χ4n) is 1.82. The van der Waals surface area contributed by atoms with Crippen molar-refractivity contribution in [2.24, 2.45) is 5.92 Å². The first-order valence-corrected chi connectivity index (χ1v) is 9.52. The molecule has 3 atom stereocenters. The number of nitrogens with one attached hydrogen (secondary N) is 1. The Bertz CT molecular complexity index is 375. The Morgan fingerprint density at radius 1 is 1.37 bits per heavy atom. The fraction of sp³-hybridized carbons (Fsp3) is 0.846. The van der Waals surface area contributed by atoms with Crippen LogP contribution in [0.5, 0.6) is 0 Å².